The highest BCUT2D eigenvalue weighted by molar-refractivity contribution is 9.10. The van der Waals surface area contributed by atoms with E-state index in [-0.39, 0.29) is 0 Å². The van der Waals surface area contributed by atoms with Gasteiger partial charge in [0.15, 0.2) is 0 Å². The van der Waals surface area contributed by atoms with Gasteiger partial charge in [0.1, 0.15) is 4.60 Å². The Morgan fingerprint density at radius 1 is 1.18 bits per heavy atom. The normalized spacial score (nSPS) is 10.3. The Labute approximate surface area is 110 Å². The van der Waals surface area contributed by atoms with Gasteiger partial charge in [0, 0.05) is 6.54 Å². The predicted molar refractivity (Wildman–Crippen MR) is 75.2 cm³/mol. The summed E-state index contributed by atoms with van der Waals surface area (Å²) in [4.78, 5) is 4.26. The van der Waals surface area contributed by atoms with Crippen LogP contribution in [0.2, 0.25) is 0 Å². The van der Waals surface area contributed by atoms with Gasteiger partial charge in [-0.1, -0.05) is 29.8 Å². The van der Waals surface area contributed by atoms with Crippen LogP contribution in [0.3, 0.4) is 0 Å². The molecule has 0 fully saturated rings. The standard InChI is InChI=1S/C14H15BrN2/c1-10-3-5-12(6-4-10)8-16-13-7-11(2)14(15)17-9-13/h3-7,9,16H,8H2,1-2H3. The van der Waals surface area contributed by atoms with Gasteiger partial charge in [-0.25, -0.2) is 4.98 Å². The molecule has 0 unspecified atom stereocenters. The molecule has 1 heterocycles. The monoisotopic (exact) mass is 290 g/mol. The quantitative estimate of drug-likeness (QED) is 0.862. The lowest BCUT2D eigenvalue weighted by molar-refractivity contribution is 1.12. The number of nitrogens with zero attached hydrogens (tertiary/aromatic N) is 1. The van der Waals surface area contributed by atoms with E-state index < -0.39 is 0 Å². The zero-order valence-electron chi connectivity index (χ0n) is 10.00. The van der Waals surface area contributed by atoms with E-state index in [0.717, 1.165) is 22.4 Å². The molecule has 2 rings (SSSR count). The summed E-state index contributed by atoms with van der Waals surface area (Å²) < 4.78 is 0.901. The van der Waals surface area contributed by atoms with Crippen molar-refractivity contribution < 1.29 is 0 Å². The molecule has 0 bridgehead atoms. The van der Waals surface area contributed by atoms with Crippen LogP contribution in [-0.4, -0.2) is 4.98 Å². The summed E-state index contributed by atoms with van der Waals surface area (Å²) in [6, 6.07) is 10.6. The van der Waals surface area contributed by atoms with Gasteiger partial charge in [-0.3, -0.25) is 0 Å². The van der Waals surface area contributed by atoms with E-state index in [1.165, 1.54) is 11.1 Å². The Balaban J connectivity index is 2.02. The second-order valence-corrected chi connectivity index (χ2v) is 4.92. The summed E-state index contributed by atoms with van der Waals surface area (Å²) in [5.41, 5.74) is 4.75. The van der Waals surface area contributed by atoms with Crippen LogP contribution in [0.5, 0.6) is 0 Å². The fraction of sp³-hybridized carbons (Fsp3) is 0.214. The molecule has 1 aromatic carbocycles. The zero-order valence-corrected chi connectivity index (χ0v) is 11.6. The maximum atomic E-state index is 4.26. The average molecular weight is 291 g/mol. The third-order valence-corrected chi connectivity index (χ3v) is 3.46. The summed E-state index contributed by atoms with van der Waals surface area (Å²) in [7, 11) is 0. The number of pyridine rings is 1. The molecule has 0 saturated heterocycles. The minimum absolute atomic E-state index is 0.822. The van der Waals surface area contributed by atoms with Crippen molar-refractivity contribution in [3.63, 3.8) is 0 Å². The summed E-state index contributed by atoms with van der Waals surface area (Å²) in [5.74, 6) is 0. The molecule has 0 aliphatic carbocycles. The van der Waals surface area contributed by atoms with E-state index in [0.29, 0.717) is 0 Å². The van der Waals surface area contributed by atoms with E-state index in [1.807, 2.05) is 13.1 Å². The van der Waals surface area contributed by atoms with E-state index in [4.69, 9.17) is 0 Å². The first kappa shape index (κ1) is 12.1. The lowest BCUT2D eigenvalue weighted by atomic mass is 10.1. The lowest BCUT2D eigenvalue weighted by Gasteiger charge is -2.08. The first-order chi connectivity index (χ1) is 8.15. The molecular formula is C14H15BrN2. The van der Waals surface area contributed by atoms with Crippen molar-refractivity contribution in [2.45, 2.75) is 20.4 Å². The smallest absolute Gasteiger partial charge is 0.109 e. The molecular weight excluding hydrogens is 276 g/mol. The van der Waals surface area contributed by atoms with Crippen LogP contribution in [0.4, 0.5) is 5.69 Å². The highest BCUT2D eigenvalue weighted by atomic mass is 79.9. The van der Waals surface area contributed by atoms with Gasteiger partial charge in [0.05, 0.1) is 11.9 Å². The summed E-state index contributed by atoms with van der Waals surface area (Å²) in [6.07, 6.45) is 1.84. The number of nitrogens with one attached hydrogen (secondary N) is 1. The summed E-state index contributed by atoms with van der Waals surface area (Å²) in [5, 5.41) is 3.37. The van der Waals surface area contributed by atoms with Gasteiger partial charge in [-0.15, -0.1) is 0 Å². The number of anilines is 1. The van der Waals surface area contributed by atoms with Crippen LogP contribution in [0.1, 0.15) is 16.7 Å². The van der Waals surface area contributed by atoms with Gasteiger partial charge in [-0.2, -0.15) is 0 Å². The third-order valence-electron chi connectivity index (χ3n) is 2.63. The largest absolute Gasteiger partial charge is 0.380 e. The maximum absolute atomic E-state index is 4.26. The van der Waals surface area contributed by atoms with Crippen LogP contribution in [0.25, 0.3) is 0 Å². The highest BCUT2D eigenvalue weighted by Crippen LogP contribution is 2.17. The van der Waals surface area contributed by atoms with Crippen LogP contribution in [0, 0.1) is 13.8 Å². The molecule has 2 aromatic rings. The minimum Gasteiger partial charge on any atom is -0.380 e. The van der Waals surface area contributed by atoms with Gasteiger partial charge in [0.2, 0.25) is 0 Å². The molecule has 88 valence electrons. The molecule has 17 heavy (non-hydrogen) atoms. The van der Waals surface area contributed by atoms with Crippen molar-refractivity contribution in [1.29, 1.82) is 0 Å². The van der Waals surface area contributed by atoms with Crippen LogP contribution in [0.15, 0.2) is 41.1 Å². The minimum atomic E-state index is 0.822. The molecule has 0 aliphatic heterocycles. The number of hydrogen-bond acceptors (Lipinski definition) is 2. The number of halogens is 1. The van der Waals surface area contributed by atoms with Gasteiger partial charge in [0.25, 0.3) is 0 Å². The third kappa shape index (κ3) is 3.30. The highest BCUT2D eigenvalue weighted by Gasteiger charge is 1.98. The first-order valence-corrected chi connectivity index (χ1v) is 6.36. The SMILES string of the molecule is Cc1ccc(CNc2cnc(Br)c(C)c2)cc1. The second kappa shape index (κ2) is 5.32. The Hall–Kier alpha value is -1.35. The van der Waals surface area contributed by atoms with E-state index >= 15 is 0 Å². The zero-order chi connectivity index (χ0) is 12.3. The average Bonchev–Trinajstić information content (AvgIpc) is 2.33. The van der Waals surface area contributed by atoms with E-state index in [2.05, 4.69) is 63.5 Å². The fourth-order valence-electron chi connectivity index (χ4n) is 1.56. The Kier molecular flexibility index (Phi) is 3.79. The molecule has 2 nitrogen and oxygen atoms in total. The van der Waals surface area contributed by atoms with Gasteiger partial charge in [-0.05, 0) is 47.0 Å². The number of aryl methyl sites for hydroxylation is 2. The summed E-state index contributed by atoms with van der Waals surface area (Å²) >= 11 is 3.39. The molecule has 0 amide bonds. The van der Waals surface area contributed by atoms with Crippen LogP contribution >= 0.6 is 15.9 Å². The van der Waals surface area contributed by atoms with Crippen molar-refractivity contribution in [2.24, 2.45) is 0 Å². The van der Waals surface area contributed by atoms with Crippen molar-refractivity contribution in [3.05, 3.63) is 57.8 Å². The van der Waals surface area contributed by atoms with Crippen molar-refractivity contribution in [1.82, 2.24) is 4.98 Å². The van der Waals surface area contributed by atoms with Crippen molar-refractivity contribution >= 4 is 21.6 Å². The molecule has 1 aromatic heterocycles. The maximum Gasteiger partial charge on any atom is 0.109 e. The topological polar surface area (TPSA) is 24.9 Å². The number of rotatable bonds is 3. The van der Waals surface area contributed by atoms with Crippen molar-refractivity contribution in [2.75, 3.05) is 5.32 Å². The van der Waals surface area contributed by atoms with Gasteiger partial charge < -0.3 is 5.32 Å². The Morgan fingerprint density at radius 2 is 1.88 bits per heavy atom. The lowest BCUT2D eigenvalue weighted by Crippen LogP contribution is -2.00. The second-order valence-electron chi connectivity index (χ2n) is 4.17. The molecule has 0 spiro atoms. The number of benzene rings is 1. The van der Waals surface area contributed by atoms with Crippen LogP contribution < -0.4 is 5.32 Å². The van der Waals surface area contributed by atoms with E-state index in [9.17, 15) is 0 Å². The predicted octanol–water partition coefficient (Wildman–Crippen LogP) is 4.07. The molecule has 3 heteroatoms. The summed E-state index contributed by atoms with van der Waals surface area (Å²) in [6.45, 7) is 4.95. The molecule has 0 atom stereocenters. The Bertz CT molecular complexity index is 506. The van der Waals surface area contributed by atoms with Gasteiger partial charge >= 0.3 is 0 Å². The van der Waals surface area contributed by atoms with E-state index in [1.54, 1.807) is 0 Å². The molecule has 0 aliphatic rings. The van der Waals surface area contributed by atoms with Crippen molar-refractivity contribution in [3.8, 4) is 0 Å². The van der Waals surface area contributed by atoms with Crippen LogP contribution in [-0.2, 0) is 6.54 Å². The number of aromatic nitrogens is 1. The number of hydrogen-bond donors (Lipinski definition) is 1. The Morgan fingerprint density at radius 3 is 2.53 bits per heavy atom. The molecule has 0 radical (unpaired) electrons. The molecule has 1 N–H and O–H groups in total. The first-order valence-electron chi connectivity index (χ1n) is 5.57. The molecule has 0 saturated carbocycles. The fourth-order valence-corrected chi connectivity index (χ4v) is 1.78.